The van der Waals surface area contributed by atoms with E-state index >= 15 is 0 Å². The first kappa shape index (κ1) is 14.4. The van der Waals surface area contributed by atoms with E-state index in [1.165, 1.54) is 18.2 Å². The second-order valence-corrected chi connectivity index (χ2v) is 6.64. The van der Waals surface area contributed by atoms with Crippen molar-refractivity contribution in [1.82, 2.24) is 4.72 Å². The summed E-state index contributed by atoms with van der Waals surface area (Å²) in [5.74, 6) is -0.739. The Morgan fingerprint density at radius 3 is 2.58 bits per heavy atom. The minimum absolute atomic E-state index is 0.205. The molecule has 0 spiro atoms. The molecule has 1 saturated carbocycles. The summed E-state index contributed by atoms with van der Waals surface area (Å²) < 4.78 is 40.5. The van der Waals surface area contributed by atoms with Crippen molar-refractivity contribution in [2.24, 2.45) is 5.73 Å². The van der Waals surface area contributed by atoms with Crippen molar-refractivity contribution in [2.45, 2.75) is 49.1 Å². The zero-order valence-electron chi connectivity index (χ0n) is 10.7. The lowest BCUT2D eigenvalue weighted by Gasteiger charge is -2.22. The van der Waals surface area contributed by atoms with Crippen LogP contribution in [0.3, 0.4) is 0 Å². The van der Waals surface area contributed by atoms with E-state index in [0.717, 1.165) is 31.7 Å². The molecule has 2 rings (SSSR count). The minimum atomic E-state index is -3.84. The smallest absolute Gasteiger partial charge is 0.243 e. The molecule has 0 aliphatic heterocycles. The lowest BCUT2D eigenvalue weighted by Crippen LogP contribution is -2.46. The molecule has 4 nitrogen and oxygen atoms in total. The average Bonchev–Trinajstić information content (AvgIpc) is 2.55. The van der Waals surface area contributed by atoms with E-state index in [0.29, 0.717) is 6.42 Å². The second kappa shape index (κ2) is 5.98. The Morgan fingerprint density at radius 2 is 1.84 bits per heavy atom. The Bertz CT molecular complexity index is 533. The van der Waals surface area contributed by atoms with Crippen LogP contribution in [0.2, 0.25) is 0 Å². The highest BCUT2D eigenvalue weighted by Crippen LogP contribution is 2.20. The number of hydrogen-bond acceptors (Lipinski definition) is 3. The Balaban J connectivity index is 2.19. The molecule has 6 heteroatoms. The topological polar surface area (TPSA) is 72.2 Å². The average molecular weight is 286 g/mol. The van der Waals surface area contributed by atoms with Crippen molar-refractivity contribution < 1.29 is 12.8 Å². The predicted molar refractivity (Wildman–Crippen MR) is 71.6 cm³/mol. The molecule has 1 fully saturated rings. The van der Waals surface area contributed by atoms with Crippen LogP contribution in [-0.4, -0.2) is 20.5 Å². The second-order valence-electron chi connectivity index (χ2n) is 4.96. The van der Waals surface area contributed by atoms with Crippen LogP contribution in [-0.2, 0) is 10.0 Å². The van der Waals surface area contributed by atoms with Gasteiger partial charge >= 0.3 is 0 Å². The number of sulfonamides is 1. The van der Waals surface area contributed by atoms with Gasteiger partial charge in [-0.15, -0.1) is 0 Å². The zero-order chi connectivity index (χ0) is 13.9. The lowest BCUT2D eigenvalue weighted by atomic mass is 10.1. The molecule has 0 bridgehead atoms. The van der Waals surface area contributed by atoms with Crippen molar-refractivity contribution in [3.63, 3.8) is 0 Å². The number of nitrogens with two attached hydrogens (primary N) is 1. The molecule has 1 aromatic carbocycles. The summed E-state index contributed by atoms with van der Waals surface area (Å²) in [6.45, 7) is 0. The fourth-order valence-corrected chi connectivity index (χ4v) is 3.81. The third-order valence-corrected chi connectivity index (χ3v) is 5.03. The summed E-state index contributed by atoms with van der Waals surface area (Å²) in [4.78, 5) is -0.313. The van der Waals surface area contributed by atoms with E-state index in [4.69, 9.17) is 5.73 Å². The standard InChI is InChI=1S/C13H19FN2O2S/c14-10-6-4-5-9-13(10)19(17,18)16-12-8-3-1-2-7-11(12)15/h4-6,9,11-12,16H,1-3,7-8,15H2. The van der Waals surface area contributed by atoms with E-state index in [2.05, 4.69) is 4.72 Å². The molecule has 1 aromatic rings. The summed E-state index contributed by atoms with van der Waals surface area (Å²) in [6.07, 6.45) is 4.52. The van der Waals surface area contributed by atoms with Crippen molar-refractivity contribution >= 4 is 10.0 Å². The lowest BCUT2D eigenvalue weighted by molar-refractivity contribution is 0.454. The molecule has 106 valence electrons. The number of hydrogen-bond donors (Lipinski definition) is 2. The largest absolute Gasteiger partial charge is 0.326 e. The van der Waals surface area contributed by atoms with Crippen molar-refractivity contribution in [1.29, 1.82) is 0 Å². The van der Waals surface area contributed by atoms with Gasteiger partial charge in [-0.25, -0.2) is 17.5 Å². The number of nitrogens with one attached hydrogen (secondary N) is 1. The third-order valence-electron chi connectivity index (χ3n) is 3.50. The molecule has 0 heterocycles. The molecule has 1 aliphatic rings. The minimum Gasteiger partial charge on any atom is -0.326 e. The van der Waals surface area contributed by atoms with E-state index < -0.39 is 15.8 Å². The first-order chi connectivity index (χ1) is 9.00. The van der Waals surface area contributed by atoms with Gasteiger partial charge in [0.2, 0.25) is 10.0 Å². The summed E-state index contributed by atoms with van der Waals surface area (Å²) in [6, 6.07) is 4.86. The molecule has 2 atom stereocenters. The van der Waals surface area contributed by atoms with Gasteiger partial charge in [0.05, 0.1) is 0 Å². The van der Waals surface area contributed by atoms with Gasteiger partial charge in [0.15, 0.2) is 0 Å². The maximum atomic E-state index is 13.6. The molecular formula is C13H19FN2O2S. The van der Waals surface area contributed by atoms with Crippen LogP contribution >= 0.6 is 0 Å². The molecule has 0 radical (unpaired) electrons. The Hall–Kier alpha value is -0.980. The maximum Gasteiger partial charge on any atom is 0.243 e. The van der Waals surface area contributed by atoms with Crippen LogP contribution in [0.4, 0.5) is 4.39 Å². The fraction of sp³-hybridized carbons (Fsp3) is 0.538. The highest BCUT2D eigenvalue weighted by Gasteiger charge is 2.27. The molecule has 19 heavy (non-hydrogen) atoms. The van der Waals surface area contributed by atoms with E-state index in [1.807, 2.05) is 0 Å². The highest BCUT2D eigenvalue weighted by molar-refractivity contribution is 7.89. The summed E-state index contributed by atoms with van der Waals surface area (Å²) in [7, 11) is -3.84. The normalized spacial score (nSPS) is 24.9. The molecule has 3 N–H and O–H groups in total. The number of halogens is 1. The van der Waals surface area contributed by atoms with Crippen molar-refractivity contribution in [3.8, 4) is 0 Å². The molecule has 0 saturated heterocycles. The Labute approximate surface area is 113 Å². The summed E-state index contributed by atoms with van der Waals surface area (Å²) >= 11 is 0. The van der Waals surface area contributed by atoms with E-state index in [-0.39, 0.29) is 17.0 Å². The van der Waals surface area contributed by atoms with Crippen molar-refractivity contribution in [3.05, 3.63) is 30.1 Å². The fourth-order valence-electron chi connectivity index (χ4n) is 2.41. The van der Waals surface area contributed by atoms with Gasteiger partial charge in [-0.3, -0.25) is 0 Å². The monoisotopic (exact) mass is 286 g/mol. The van der Waals surface area contributed by atoms with Gasteiger partial charge in [0.25, 0.3) is 0 Å². The summed E-state index contributed by atoms with van der Waals surface area (Å²) in [5, 5.41) is 0. The van der Waals surface area contributed by atoms with E-state index in [1.54, 1.807) is 0 Å². The van der Waals surface area contributed by atoms with Crippen LogP contribution in [0, 0.1) is 5.82 Å². The zero-order valence-corrected chi connectivity index (χ0v) is 11.5. The van der Waals surface area contributed by atoms with Crippen LogP contribution < -0.4 is 10.5 Å². The maximum absolute atomic E-state index is 13.6. The van der Waals surface area contributed by atoms with Gasteiger partial charge < -0.3 is 5.73 Å². The Morgan fingerprint density at radius 1 is 1.16 bits per heavy atom. The summed E-state index contributed by atoms with van der Waals surface area (Å²) in [5.41, 5.74) is 5.98. The van der Waals surface area contributed by atoms with Crippen LogP contribution in [0.25, 0.3) is 0 Å². The number of rotatable bonds is 3. The third kappa shape index (κ3) is 3.52. The van der Waals surface area contributed by atoms with Gasteiger partial charge in [0, 0.05) is 12.1 Å². The molecule has 0 aromatic heterocycles. The SMILES string of the molecule is NC1CCCCCC1NS(=O)(=O)c1ccccc1F. The first-order valence-electron chi connectivity index (χ1n) is 6.53. The molecule has 2 unspecified atom stereocenters. The highest BCUT2D eigenvalue weighted by atomic mass is 32.2. The van der Waals surface area contributed by atoms with Crippen LogP contribution in [0.15, 0.2) is 29.2 Å². The van der Waals surface area contributed by atoms with E-state index in [9.17, 15) is 12.8 Å². The van der Waals surface area contributed by atoms with Gasteiger partial charge in [-0.05, 0) is 25.0 Å². The molecule has 0 amide bonds. The molecule has 1 aliphatic carbocycles. The van der Waals surface area contributed by atoms with Crippen LogP contribution in [0.5, 0.6) is 0 Å². The number of benzene rings is 1. The quantitative estimate of drug-likeness (QED) is 0.832. The molecular weight excluding hydrogens is 267 g/mol. The van der Waals surface area contributed by atoms with Gasteiger partial charge in [-0.1, -0.05) is 31.4 Å². The van der Waals surface area contributed by atoms with Crippen molar-refractivity contribution in [2.75, 3.05) is 0 Å². The van der Waals surface area contributed by atoms with Gasteiger partial charge in [-0.2, -0.15) is 0 Å². The van der Waals surface area contributed by atoms with Gasteiger partial charge in [0.1, 0.15) is 10.7 Å². The predicted octanol–water partition coefficient (Wildman–Crippen LogP) is 1.76. The first-order valence-corrected chi connectivity index (χ1v) is 8.01. The van der Waals surface area contributed by atoms with Crippen LogP contribution in [0.1, 0.15) is 32.1 Å². The Kier molecular flexibility index (Phi) is 4.54.